The monoisotopic (exact) mass is 250 g/mol. The van der Waals surface area contributed by atoms with Crippen LogP contribution in [0.1, 0.15) is 19.3 Å². The summed E-state index contributed by atoms with van der Waals surface area (Å²) in [5.74, 6) is -1.67. The fourth-order valence-electron chi connectivity index (χ4n) is 2.79. The summed E-state index contributed by atoms with van der Waals surface area (Å²) in [5.41, 5.74) is -0.0621. The van der Waals surface area contributed by atoms with Crippen LogP contribution < -0.4 is 0 Å². The second-order valence-corrected chi connectivity index (χ2v) is 5.28. The van der Waals surface area contributed by atoms with Crippen LogP contribution in [0.4, 0.5) is 13.2 Å². The normalized spacial score (nSPS) is 25.5. The highest BCUT2D eigenvalue weighted by molar-refractivity contribution is 5.82. The van der Waals surface area contributed by atoms with E-state index in [0.29, 0.717) is 6.42 Å². The summed E-state index contributed by atoms with van der Waals surface area (Å²) < 4.78 is 37.0. The van der Waals surface area contributed by atoms with Crippen molar-refractivity contribution < 1.29 is 18.0 Å². The molecule has 2 aliphatic rings. The zero-order chi connectivity index (χ0) is 12.7. The molecule has 1 amide bonds. The molecular weight excluding hydrogens is 233 g/mol. The predicted octanol–water partition coefficient (Wildman–Crippen LogP) is 1.49. The molecule has 0 unspecified atom stereocenters. The van der Waals surface area contributed by atoms with Gasteiger partial charge in [0, 0.05) is 13.1 Å². The third kappa shape index (κ3) is 2.56. The second-order valence-electron chi connectivity index (χ2n) is 5.28. The lowest BCUT2D eigenvalue weighted by Gasteiger charge is -2.37. The van der Waals surface area contributed by atoms with Gasteiger partial charge in [-0.2, -0.15) is 13.2 Å². The lowest BCUT2D eigenvalue weighted by atomic mass is 9.78. The summed E-state index contributed by atoms with van der Waals surface area (Å²) in [5, 5.41) is 0. The predicted molar refractivity (Wildman–Crippen MR) is 56.4 cm³/mol. The summed E-state index contributed by atoms with van der Waals surface area (Å²) >= 11 is 0. The number of likely N-dealkylation sites (tertiary alicyclic amines) is 2. The third-order valence-electron chi connectivity index (χ3n) is 4.02. The van der Waals surface area contributed by atoms with E-state index in [4.69, 9.17) is 0 Å². The molecule has 2 rings (SSSR count). The first-order valence-electron chi connectivity index (χ1n) is 5.87. The zero-order valence-electron chi connectivity index (χ0n) is 9.89. The average Bonchev–Trinajstić information content (AvgIpc) is 2.65. The van der Waals surface area contributed by atoms with Gasteiger partial charge in [0.2, 0.25) is 0 Å². The number of carbonyl (C=O) groups is 1. The van der Waals surface area contributed by atoms with Gasteiger partial charge in [-0.15, -0.1) is 0 Å². The highest BCUT2D eigenvalue weighted by atomic mass is 19.4. The van der Waals surface area contributed by atoms with Gasteiger partial charge in [0.15, 0.2) is 0 Å². The largest absolute Gasteiger partial charge is 0.471 e. The van der Waals surface area contributed by atoms with Crippen molar-refractivity contribution in [3.05, 3.63) is 0 Å². The van der Waals surface area contributed by atoms with Crippen molar-refractivity contribution in [2.24, 2.45) is 5.41 Å². The second kappa shape index (κ2) is 4.15. The molecule has 17 heavy (non-hydrogen) atoms. The SMILES string of the molecule is CN1CCC2(CC1)CCN(C(=O)C(F)(F)F)C2. The fraction of sp³-hybridized carbons (Fsp3) is 0.909. The van der Waals surface area contributed by atoms with Gasteiger partial charge in [-0.25, -0.2) is 0 Å². The van der Waals surface area contributed by atoms with E-state index in [9.17, 15) is 18.0 Å². The Balaban J connectivity index is 1.98. The highest BCUT2D eigenvalue weighted by Crippen LogP contribution is 2.41. The van der Waals surface area contributed by atoms with Crippen LogP contribution >= 0.6 is 0 Å². The first-order valence-corrected chi connectivity index (χ1v) is 5.87. The van der Waals surface area contributed by atoms with E-state index < -0.39 is 12.1 Å². The summed E-state index contributed by atoms with van der Waals surface area (Å²) in [6.07, 6.45) is -2.23. The Morgan fingerprint density at radius 3 is 2.18 bits per heavy atom. The fourth-order valence-corrected chi connectivity index (χ4v) is 2.79. The standard InChI is InChI=1S/C11H17F3N2O/c1-15-5-2-10(3-6-15)4-7-16(8-10)9(17)11(12,13)14/h2-8H2,1H3. The molecule has 2 saturated heterocycles. The van der Waals surface area contributed by atoms with Crippen LogP contribution in [0.15, 0.2) is 0 Å². The van der Waals surface area contributed by atoms with E-state index in [0.717, 1.165) is 30.8 Å². The average molecular weight is 250 g/mol. The molecule has 0 N–H and O–H groups in total. The number of alkyl halides is 3. The molecule has 98 valence electrons. The first-order chi connectivity index (χ1) is 7.82. The van der Waals surface area contributed by atoms with E-state index in [1.54, 1.807) is 0 Å². The van der Waals surface area contributed by atoms with E-state index in [-0.39, 0.29) is 18.5 Å². The maximum Gasteiger partial charge on any atom is 0.471 e. The molecule has 0 aromatic rings. The zero-order valence-corrected chi connectivity index (χ0v) is 9.89. The van der Waals surface area contributed by atoms with Crippen LogP contribution in [0, 0.1) is 5.41 Å². The first kappa shape index (κ1) is 12.7. The van der Waals surface area contributed by atoms with Gasteiger partial charge in [-0.1, -0.05) is 0 Å². The van der Waals surface area contributed by atoms with Gasteiger partial charge >= 0.3 is 12.1 Å². The summed E-state index contributed by atoms with van der Waals surface area (Å²) in [4.78, 5) is 14.3. The van der Waals surface area contributed by atoms with E-state index in [2.05, 4.69) is 4.90 Å². The van der Waals surface area contributed by atoms with Crippen LogP contribution in [0.2, 0.25) is 0 Å². The Bertz CT molecular complexity index is 308. The Labute approximate surface area is 98.6 Å². The van der Waals surface area contributed by atoms with Gasteiger partial charge in [0.05, 0.1) is 0 Å². The van der Waals surface area contributed by atoms with Crippen LogP contribution in [0.3, 0.4) is 0 Å². The van der Waals surface area contributed by atoms with Crippen molar-refractivity contribution in [1.29, 1.82) is 0 Å². The summed E-state index contributed by atoms with van der Waals surface area (Å²) in [6, 6.07) is 0. The van der Waals surface area contributed by atoms with Crippen molar-refractivity contribution in [2.45, 2.75) is 25.4 Å². The van der Waals surface area contributed by atoms with E-state index in [1.165, 1.54) is 0 Å². The van der Waals surface area contributed by atoms with Gasteiger partial charge < -0.3 is 9.80 Å². The molecule has 3 nitrogen and oxygen atoms in total. The molecule has 2 aliphatic heterocycles. The van der Waals surface area contributed by atoms with Crippen LogP contribution in [0.5, 0.6) is 0 Å². The number of halogens is 3. The van der Waals surface area contributed by atoms with Crippen molar-refractivity contribution in [3.8, 4) is 0 Å². The molecule has 0 bridgehead atoms. The number of hydrogen-bond acceptors (Lipinski definition) is 2. The molecular formula is C11H17F3N2O. The van der Waals surface area contributed by atoms with Gasteiger partial charge in [0.25, 0.3) is 0 Å². The molecule has 2 heterocycles. The van der Waals surface area contributed by atoms with Crippen molar-refractivity contribution in [1.82, 2.24) is 9.80 Å². The number of amides is 1. The quantitative estimate of drug-likeness (QED) is 0.650. The Morgan fingerprint density at radius 1 is 1.12 bits per heavy atom. The van der Waals surface area contributed by atoms with Crippen molar-refractivity contribution in [3.63, 3.8) is 0 Å². The van der Waals surface area contributed by atoms with Crippen LogP contribution in [-0.2, 0) is 4.79 Å². The Morgan fingerprint density at radius 2 is 1.65 bits per heavy atom. The highest BCUT2D eigenvalue weighted by Gasteiger charge is 2.48. The van der Waals surface area contributed by atoms with Crippen LogP contribution in [0.25, 0.3) is 0 Å². The van der Waals surface area contributed by atoms with Crippen molar-refractivity contribution >= 4 is 5.91 Å². The molecule has 0 saturated carbocycles. The molecule has 0 aromatic carbocycles. The Hall–Kier alpha value is -0.780. The summed E-state index contributed by atoms with van der Waals surface area (Å²) in [7, 11) is 2.01. The molecule has 0 aliphatic carbocycles. The number of carbonyl (C=O) groups excluding carboxylic acids is 1. The number of piperidine rings is 1. The van der Waals surface area contributed by atoms with Gasteiger partial charge in [-0.05, 0) is 44.8 Å². The van der Waals surface area contributed by atoms with Crippen molar-refractivity contribution in [2.75, 3.05) is 33.2 Å². The lowest BCUT2D eigenvalue weighted by Crippen LogP contribution is -2.43. The van der Waals surface area contributed by atoms with Crippen LogP contribution in [-0.4, -0.2) is 55.1 Å². The third-order valence-corrected chi connectivity index (χ3v) is 4.02. The number of nitrogens with zero attached hydrogens (tertiary/aromatic N) is 2. The molecule has 6 heteroatoms. The maximum absolute atomic E-state index is 12.3. The minimum absolute atomic E-state index is 0.0621. The van der Waals surface area contributed by atoms with E-state index >= 15 is 0 Å². The van der Waals surface area contributed by atoms with E-state index in [1.807, 2.05) is 7.05 Å². The molecule has 0 aromatic heterocycles. The van der Waals surface area contributed by atoms with Gasteiger partial charge in [-0.3, -0.25) is 4.79 Å². The minimum Gasteiger partial charge on any atom is -0.334 e. The topological polar surface area (TPSA) is 23.6 Å². The smallest absolute Gasteiger partial charge is 0.334 e. The summed E-state index contributed by atoms with van der Waals surface area (Å²) in [6.45, 7) is 2.35. The Kier molecular flexibility index (Phi) is 3.10. The molecule has 0 radical (unpaired) electrons. The molecule has 2 fully saturated rings. The molecule has 1 spiro atoms. The number of hydrogen-bond donors (Lipinski definition) is 0. The van der Waals surface area contributed by atoms with Gasteiger partial charge in [0.1, 0.15) is 0 Å². The number of rotatable bonds is 0. The molecule has 0 atom stereocenters. The maximum atomic E-state index is 12.3. The minimum atomic E-state index is -4.73. The lowest BCUT2D eigenvalue weighted by molar-refractivity contribution is -0.184.